The quantitative estimate of drug-likeness (QED) is 0.719. The predicted molar refractivity (Wildman–Crippen MR) is 83.9 cm³/mol. The van der Waals surface area contributed by atoms with E-state index in [0.29, 0.717) is 12.1 Å². The molecule has 2 amide bonds. The third kappa shape index (κ3) is 6.99. The van der Waals surface area contributed by atoms with Crippen LogP contribution in [0.5, 0.6) is 0 Å². The number of anilines is 1. The molecule has 0 spiro atoms. The van der Waals surface area contributed by atoms with Crippen LogP contribution in [0.1, 0.15) is 31.4 Å². The minimum Gasteiger partial charge on any atom is -0.453 e. The smallest absolute Gasteiger partial charge is 0.416 e. The summed E-state index contributed by atoms with van der Waals surface area (Å²) < 4.78 is 81.6. The van der Waals surface area contributed by atoms with E-state index < -0.39 is 47.2 Å². The van der Waals surface area contributed by atoms with Crippen molar-refractivity contribution in [1.82, 2.24) is 5.32 Å². The summed E-state index contributed by atoms with van der Waals surface area (Å²) >= 11 is 0. The van der Waals surface area contributed by atoms with Gasteiger partial charge in [-0.25, -0.2) is 4.79 Å². The highest BCUT2D eigenvalue weighted by Crippen LogP contribution is 2.37. The van der Waals surface area contributed by atoms with Gasteiger partial charge in [-0.05, 0) is 30.5 Å². The summed E-state index contributed by atoms with van der Waals surface area (Å²) in [5.74, 6) is -1.08. The van der Waals surface area contributed by atoms with E-state index in [1.165, 1.54) is 0 Å². The maximum absolute atomic E-state index is 12.9. The van der Waals surface area contributed by atoms with Crippen molar-refractivity contribution in [2.45, 2.75) is 38.7 Å². The zero-order chi connectivity index (χ0) is 21.0. The number of alkyl carbamates (subject to hydrolysis) is 1. The number of rotatable bonds is 5. The molecule has 0 aliphatic heterocycles. The minimum absolute atomic E-state index is 0.0477. The first-order valence-corrected chi connectivity index (χ1v) is 7.69. The van der Waals surface area contributed by atoms with Gasteiger partial charge in [-0.15, -0.1) is 0 Å². The average Bonchev–Trinajstić information content (AvgIpc) is 2.51. The van der Waals surface area contributed by atoms with Gasteiger partial charge in [0.25, 0.3) is 0 Å². The third-order valence-electron chi connectivity index (χ3n) is 3.36. The second-order valence-electron chi connectivity index (χ2n) is 6.10. The second-order valence-corrected chi connectivity index (χ2v) is 6.10. The Morgan fingerprint density at radius 2 is 1.48 bits per heavy atom. The van der Waals surface area contributed by atoms with Crippen LogP contribution >= 0.6 is 0 Å². The Hall–Kier alpha value is -2.46. The van der Waals surface area contributed by atoms with Crippen molar-refractivity contribution in [2.75, 3.05) is 12.4 Å². The lowest BCUT2D eigenvalue weighted by Gasteiger charge is -2.20. The maximum Gasteiger partial charge on any atom is 0.416 e. The summed E-state index contributed by atoms with van der Waals surface area (Å²) in [6.45, 7) is 3.43. The SMILES string of the molecule is COC(=O)NC(CC(C)C)C(=O)Nc1cc(C(F)(F)F)cc(C(F)(F)F)c1. The molecule has 0 aliphatic carbocycles. The molecule has 0 bridgehead atoms. The number of nitrogens with one attached hydrogen (secondary N) is 2. The fourth-order valence-electron chi connectivity index (χ4n) is 2.16. The molecular formula is C16H18F6N2O3. The van der Waals surface area contributed by atoms with Crippen LogP contribution < -0.4 is 10.6 Å². The number of carbonyl (C=O) groups excluding carboxylic acids is 2. The molecule has 0 radical (unpaired) electrons. The van der Waals surface area contributed by atoms with Crippen molar-refractivity contribution in [3.63, 3.8) is 0 Å². The molecule has 27 heavy (non-hydrogen) atoms. The first-order valence-electron chi connectivity index (χ1n) is 7.69. The molecule has 1 atom stereocenters. The van der Waals surface area contributed by atoms with Crippen LogP contribution in [0.3, 0.4) is 0 Å². The van der Waals surface area contributed by atoms with Crippen molar-refractivity contribution in [3.8, 4) is 0 Å². The van der Waals surface area contributed by atoms with Gasteiger partial charge in [-0.3, -0.25) is 4.79 Å². The lowest BCUT2D eigenvalue weighted by molar-refractivity contribution is -0.143. The Morgan fingerprint density at radius 3 is 1.85 bits per heavy atom. The highest BCUT2D eigenvalue weighted by Gasteiger charge is 2.37. The lowest BCUT2D eigenvalue weighted by atomic mass is 10.0. The molecule has 1 aromatic rings. The molecule has 0 saturated heterocycles. The van der Waals surface area contributed by atoms with E-state index in [-0.39, 0.29) is 18.4 Å². The van der Waals surface area contributed by atoms with Crippen LogP contribution in [0.4, 0.5) is 36.8 Å². The third-order valence-corrected chi connectivity index (χ3v) is 3.36. The maximum atomic E-state index is 12.9. The number of alkyl halides is 6. The van der Waals surface area contributed by atoms with Gasteiger partial charge in [0.1, 0.15) is 6.04 Å². The number of ether oxygens (including phenoxy) is 1. The minimum atomic E-state index is -5.04. The highest BCUT2D eigenvalue weighted by atomic mass is 19.4. The molecule has 0 saturated carbocycles. The van der Waals surface area contributed by atoms with Gasteiger partial charge in [-0.2, -0.15) is 26.3 Å². The van der Waals surface area contributed by atoms with Gasteiger partial charge < -0.3 is 15.4 Å². The molecule has 0 aliphatic rings. The lowest BCUT2D eigenvalue weighted by Crippen LogP contribution is -2.44. The standard InChI is InChI=1S/C16H18F6N2O3/c1-8(2)4-12(24-14(26)27-3)13(25)23-11-6-9(15(17,18)19)5-10(7-11)16(20,21)22/h5-8,12H,4H2,1-3H3,(H,23,25)(H,24,26). The molecule has 0 aromatic heterocycles. The molecule has 0 fully saturated rings. The first-order chi connectivity index (χ1) is 12.2. The molecule has 5 nitrogen and oxygen atoms in total. The fraction of sp³-hybridized carbons (Fsp3) is 0.500. The summed E-state index contributed by atoms with van der Waals surface area (Å²) in [4.78, 5) is 23.6. The fourth-order valence-corrected chi connectivity index (χ4v) is 2.16. The van der Waals surface area contributed by atoms with E-state index >= 15 is 0 Å². The van der Waals surface area contributed by atoms with Crippen LogP contribution in [0.15, 0.2) is 18.2 Å². The molecule has 11 heteroatoms. The van der Waals surface area contributed by atoms with Crippen molar-refractivity contribution >= 4 is 17.7 Å². The molecule has 1 unspecified atom stereocenters. The number of halogens is 6. The monoisotopic (exact) mass is 400 g/mol. The molecule has 1 rings (SSSR count). The average molecular weight is 400 g/mol. The van der Waals surface area contributed by atoms with E-state index in [1.807, 2.05) is 5.32 Å². The van der Waals surface area contributed by atoms with Gasteiger partial charge in [0.15, 0.2) is 0 Å². The molecule has 152 valence electrons. The van der Waals surface area contributed by atoms with E-state index in [9.17, 15) is 35.9 Å². The summed E-state index contributed by atoms with van der Waals surface area (Å²) in [6, 6.07) is -0.482. The van der Waals surface area contributed by atoms with Crippen LogP contribution in [0.2, 0.25) is 0 Å². The topological polar surface area (TPSA) is 67.4 Å². The van der Waals surface area contributed by atoms with Crippen molar-refractivity contribution in [2.24, 2.45) is 5.92 Å². The predicted octanol–water partition coefficient (Wildman–Crippen LogP) is 4.43. The number of methoxy groups -OCH3 is 1. The molecule has 1 aromatic carbocycles. The number of hydrogen-bond acceptors (Lipinski definition) is 3. The number of hydrogen-bond donors (Lipinski definition) is 2. The van der Waals surface area contributed by atoms with E-state index in [0.717, 1.165) is 7.11 Å². The van der Waals surface area contributed by atoms with Crippen molar-refractivity contribution in [3.05, 3.63) is 29.3 Å². The zero-order valence-corrected chi connectivity index (χ0v) is 14.6. The normalized spacial score (nSPS) is 13.3. The van der Waals surface area contributed by atoms with Gasteiger partial charge in [0, 0.05) is 5.69 Å². The summed E-state index contributed by atoms with van der Waals surface area (Å²) in [7, 11) is 1.04. The van der Waals surface area contributed by atoms with E-state index in [4.69, 9.17) is 0 Å². The number of carbonyl (C=O) groups is 2. The number of benzene rings is 1. The zero-order valence-electron chi connectivity index (χ0n) is 14.6. The van der Waals surface area contributed by atoms with Crippen molar-refractivity contribution in [1.29, 1.82) is 0 Å². The molecule has 2 N–H and O–H groups in total. The van der Waals surface area contributed by atoms with Gasteiger partial charge in [0.05, 0.1) is 18.2 Å². The Kier molecular flexibility index (Phi) is 7.10. The number of amides is 2. The summed E-state index contributed by atoms with van der Waals surface area (Å²) in [5, 5.41) is 4.18. The Bertz CT molecular complexity index is 653. The van der Waals surface area contributed by atoms with Crippen molar-refractivity contribution < 1.29 is 40.7 Å². The second kappa shape index (κ2) is 8.49. The first kappa shape index (κ1) is 22.6. The molecule has 0 heterocycles. The Labute approximate surface area is 151 Å². The van der Waals surface area contributed by atoms with Crippen LogP contribution in [0, 0.1) is 5.92 Å². The Balaban J connectivity index is 3.19. The van der Waals surface area contributed by atoms with Gasteiger partial charge in [-0.1, -0.05) is 13.8 Å². The molecular weight excluding hydrogens is 382 g/mol. The highest BCUT2D eigenvalue weighted by molar-refractivity contribution is 5.96. The Morgan fingerprint density at radius 1 is 1.00 bits per heavy atom. The van der Waals surface area contributed by atoms with Crippen LogP contribution in [0.25, 0.3) is 0 Å². The van der Waals surface area contributed by atoms with Gasteiger partial charge in [0.2, 0.25) is 5.91 Å². The van der Waals surface area contributed by atoms with Gasteiger partial charge >= 0.3 is 18.4 Å². The van der Waals surface area contributed by atoms with Crippen LogP contribution in [-0.2, 0) is 21.9 Å². The van der Waals surface area contributed by atoms with E-state index in [2.05, 4.69) is 10.1 Å². The largest absolute Gasteiger partial charge is 0.453 e. The summed E-state index contributed by atoms with van der Waals surface area (Å²) in [5.41, 5.74) is -3.81. The van der Waals surface area contributed by atoms with E-state index in [1.54, 1.807) is 13.8 Å². The summed E-state index contributed by atoms with van der Waals surface area (Å²) in [6.07, 6.45) is -11.0. The van der Waals surface area contributed by atoms with Crippen LogP contribution in [-0.4, -0.2) is 25.2 Å².